The average molecular weight is 477 g/mol. The molecular formula is C28H29FN2O4. The second kappa shape index (κ2) is 12.1. The quantitative estimate of drug-likeness (QED) is 0.475. The summed E-state index contributed by atoms with van der Waals surface area (Å²) in [6.07, 6.45) is 1.83. The van der Waals surface area contributed by atoms with Gasteiger partial charge in [0.05, 0.1) is 6.10 Å². The van der Waals surface area contributed by atoms with Gasteiger partial charge in [-0.1, -0.05) is 60.7 Å². The molecule has 1 fully saturated rings. The summed E-state index contributed by atoms with van der Waals surface area (Å²) in [4.78, 5) is 28.5. The molecule has 0 aromatic heterocycles. The second-order valence-electron chi connectivity index (χ2n) is 8.44. The Bertz CT molecular complexity index is 1090. The molecular weight excluding hydrogens is 447 g/mol. The van der Waals surface area contributed by atoms with Crippen molar-refractivity contribution in [2.75, 3.05) is 19.8 Å². The molecule has 1 saturated heterocycles. The topological polar surface area (TPSA) is 67.9 Å². The minimum Gasteiger partial charge on any atom is -0.484 e. The molecule has 0 aliphatic carbocycles. The summed E-state index contributed by atoms with van der Waals surface area (Å²) in [5.41, 5.74) is 1.37. The number of rotatable bonds is 10. The number of halogens is 1. The molecule has 2 amide bonds. The molecule has 0 unspecified atom stereocenters. The third-order valence-corrected chi connectivity index (χ3v) is 5.90. The standard InChI is InChI=1S/C28H29FN2O4/c29-23-15-13-21(14-16-23)19-31(26(32)20-35-24-10-5-2-6-11-24)27(22-8-3-1-4-9-22)28(33)30-18-25-12-7-17-34-25/h1-6,8-11,13-16,25,27H,7,12,17-20H2,(H,30,33)/t25-,27+/m1/s1. The maximum absolute atomic E-state index is 13.5. The molecule has 0 bridgehead atoms. The minimum atomic E-state index is -0.894. The van der Waals surface area contributed by atoms with Gasteiger partial charge >= 0.3 is 0 Å². The van der Waals surface area contributed by atoms with Crippen LogP contribution in [0.25, 0.3) is 0 Å². The zero-order chi connectivity index (χ0) is 24.5. The Hall–Kier alpha value is -3.71. The van der Waals surface area contributed by atoms with Gasteiger partial charge in [0.25, 0.3) is 5.91 Å². The molecule has 2 atom stereocenters. The van der Waals surface area contributed by atoms with Crippen molar-refractivity contribution in [2.45, 2.75) is 31.5 Å². The van der Waals surface area contributed by atoms with Crippen molar-refractivity contribution < 1.29 is 23.5 Å². The molecule has 4 rings (SSSR count). The molecule has 1 heterocycles. The number of benzene rings is 3. The van der Waals surface area contributed by atoms with Gasteiger partial charge in [0.2, 0.25) is 5.91 Å². The molecule has 3 aromatic rings. The van der Waals surface area contributed by atoms with Gasteiger partial charge in [-0.25, -0.2) is 4.39 Å². The lowest BCUT2D eigenvalue weighted by molar-refractivity contribution is -0.143. The van der Waals surface area contributed by atoms with Crippen LogP contribution in [0.4, 0.5) is 4.39 Å². The van der Waals surface area contributed by atoms with E-state index in [9.17, 15) is 14.0 Å². The molecule has 0 spiro atoms. The number of hydrogen-bond donors (Lipinski definition) is 1. The fourth-order valence-electron chi connectivity index (χ4n) is 4.08. The lowest BCUT2D eigenvalue weighted by Gasteiger charge is -2.32. The van der Waals surface area contributed by atoms with E-state index >= 15 is 0 Å². The number of ether oxygens (including phenoxy) is 2. The van der Waals surface area contributed by atoms with Crippen molar-refractivity contribution >= 4 is 11.8 Å². The lowest BCUT2D eigenvalue weighted by atomic mass is 10.0. The highest BCUT2D eigenvalue weighted by atomic mass is 19.1. The van der Waals surface area contributed by atoms with Crippen molar-refractivity contribution in [3.05, 3.63) is 102 Å². The number of nitrogens with zero attached hydrogens (tertiary/aromatic N) is 1. The van der Waals surface area contributed by atoms with Crippen LogP contribution >= 0.6 is 0 Å². The monoisotopic (exact) mass is 476 g/mol. The van der Waals surface area contributed by atoms with Crippen LogP contribution in [0.1, 0.15) is 30.0 Å². The summed E-state index contributed by atoms with van der Waals surface area (Å²) in [5.74, 6) is -0.476. The van der Waals surface area contributed by atoms with Crippen molar-refractivity contribution in [3.63, 3.8) is 0 Å². The van der Waals surface area contributed by atoms with Crippen molar-refractivity contribution in [1.29, 1.82) is 0 Å². The maximum Gasteiger partial charge on any atom is 0.261 e. The van der Waals surface area contributed by atoms with E-state index in [2.05, 4.69) is 5.32 Å². The van der Waals surface area contributed by atoms with Crippen LogP contribution in [0.15, 0.2) is 84.9 Å². The number of hydrogen-bond acceptors (Lipinski definition) is 4. The first-order valence-corrected chi connectivity index (χ1v) is 11.8. The van der Waals surface area contributed by atoms with Gasteiger partial charge in [-0.2, -0.15) is 0 Å². The van der Waals surface area contributed by atoms with Gasteiger partial charge in [0.15, 0.2) is 6.61 Å². The molecule has 182 valence electrons. The second-order valence-corrected chi connectivity index (χ2v) is 8.44. The Labute approximate surface area is 204 Å². The molecule has 1 N–H and O–H groups in total. The van der Waals surface area contributed by atoms with Gasteiger partial charge in [0, 0.05) is 19.7 Å². The lowest BCUT2D eigenvalue weighted by Crippen LogP contribution is -2.46. The zero-order valence-electron chi connectivity index (χ0n) is 19.4. The van der Waals surface area contributed by atoms with Gasteiger partial charge in [-0.15, -0.1) is 0 Å². The van der Waals surface area contributed by atoms with Gasteiger partial charge in [-0.05, 0) is 48.2 Å². The highest BCUT2D eigenvalue weighted by molar-refractivity contribution is 5.89. The Balaban J connectivity index is 1.60. The molecule has 3 aromatic carbocycles. The Morgan fingerprint density at radius 1 is 1.00 bits per heavy atom. The minimum absolute atomic E-state index is 0.0296. The SMILES string of the molecule is O=C(NC[C@H]1CCCO1)[C@H](c1ccccc1)N(Cc1ccc(F)cc1)C(=O)COc1ccccc1. The van der Waals surface area contributed by atoms with Crippen LogP contribution in [-0.2, 0) is 20.9 Å². The van der Waals surface area contributed by atoms with E-state index in [1.165, 1.54) is 17.0 Å². The number of carbonyl (C=O) groups excluding carboxylic acids is 2. The van der Waals surface area contributed by atoms with Gasteiger partial charge in [-0.3, -0.25) is 9.59 Å². The van der Waals surface area contributed by atoms with E-state index in [0.717, 1.165) is 12.8 Å². The first kappa shape index (κ1) is 24.4. The van der Waals surface area contributed by atoms with Crippen LogP contribution in [0.2, 0.25) is 0 Å². The molecule has 0 saturated carbocycles. The maximum atomic E-state index is 13.5. The summed E-state index contributed by atoms with van der Waals surface area (Å²) in [7, 11) is 0. The molecule has 1 aliphatic heterocycles. The van der Waals surface area contributed by atoms with Crippen LogP contribution in [-0.4, -0.2) is 42.6 Å². The molecule has 0 radical (unpaired) electrons. The highest BCUT2D eigenvalue weighted by Crippen LogP contribution is 2.25. The van der Waals surface area contributed by atoms with Crippen LogP contribution < -0.4 is 10.1 Å². The van der Waals surface area contributed by atoms with Gasteiger partial charge in [0.1, 0.15) is 17.6 Å². The fourth-order valence-corrected chi connectivity index (χ4v) is 4.08. The zero-order valence-corrected chi connectivity index (χ0v) is 19.4. The van der Waals surface area contributed by atoms with E-state index in [-0.39, 0.29) is 36.9 Å². The Morgan fingerprint density at radius 2 is 1.69 bits per heavy atom. The van der Waals surface area contributed by atoms with Crippen molar-refractivity contribution in [2.24, 2.45) is 0 Å². The normalized spacial score (nSPS) is 15.9. The number of para-hydroxylation sites is 1. The average Bonchev–Trinajstić information content (AvgIpc) is 3.42. The molecule has 7 heteroatoms. The number of nitrogens with one attached hydrogen (secondary N) is 1. The van der Waals surface area contributed by atoms with E-state index in [1.807, 2.05) is 48.5 Å². The van der Waals surface area contributed by atoms with E-state index < -0.39 is 6.04 Å². The van der Waals surface area contributed by atoms with Crippen LogP contribution in [0.5, 0.6) is 5.75 Å². The Kier molecular flexibility index (Phi) is 8.46. The summed E-state index contributed by atoms with van der Waals surface area (Å²) in [5, 5.41) is 2.97. The highest BCUT2D eigenvalue weighted by Gasteiger charge is 2.32. The summed E-state index contributed by atoms with van der Waals surface area (Å²) < 4.78 is 24.9. The Morgan fingerprint density at radius 3 is 2.34 bits per heavy atom. The first-order chi connectivity index (χ1) is 17.1. The third kappa shape index (κ3) is 6.90. The van der Waals surface area contributed by atoms with Crippen LogP contribution in [0.3, 0.4) is 0 Å². The molecule has 6 nitrogen and oxygen atoms in total. The third-order valence-electron chi connectivity index (χ3n) is 5.90. The predicted octanol–water partition coefficient (Wildman–Crippen LogP) is 4.27. The smallest absolute Gasteiger partial charge is 0.261 e. The van der Waals surface area contributed by atoms with E-state index in [1.54, 1.807) is 24.3 Å². The summed E-state index contributed by atoms with van der Waals surface area (Å²) >= 11 is 0. The number of amides is 2. The summed E-state index contributed by atoms with van der Waals surface area (Å²) in [6.45, 7) is 0.938. The first-order valence-electron chi connectivity index (χ1n) is 11.8. The van der Waals surface area contributed by atoms with Crippen LogP contribution in [0, 0.1) is 5.82 Å². The predicted molar refractivity (Wildman–Crippen MR) is 130 cm³/mol. The van der Waals surface area contributed by atoms with E-state index in [0.29, 0.717) is 30.0 Å². The summed E-state index contributed by atoms with van der Waals surface area (Å²) in [6, 6.07) is 23.2. The number of carbonyl (C=O) groups is 2. The van der Waals surface area contributed by atoms with Crippen molar-refractivity contribution in [1.82, 2.24) is 10.2 Å². The van der Waals surface area contributed by atoms with E-state index in [4.69, 9.17) is 9.47 Å². The molecule has 35 heavy (non-hydrogen) atoms. The van der Waals surface area contributed by atoms with Gasteiger partial charge < -0.3 is 19.7 Å². The molecule has 1 aliphatic rings. The fraction of sp³-hybridized carbons (Fsp3) is 0.286. The van der Waals surface area contributed by atoms with Crippen molar-refractivity contribution in [3.8, 4) is 5.75 Å². The largest absolute Gasteiger partial charge is 0.484 e.